The number of hydrogen-bond donors (Lipinski definition) is 1. The fourth-order valence-corrected chi connectivity index (χ4v) is 4.26. The average Bonchev–Trinajstić information content (AvgIpc) is 3.33. The van der Waals surface area contributed by atoms with Crippen LogP contribution < -0.4 is 10.1 Å². The van der Waals surface area contributed by atoms with E-state index in [0.29, 0.717) is 42.3 Å². The summed E-state index contributed by atoms with van der Waals surface area (Å²) in [7, 11) is 1.61. The number of methoxy groups -OCH3 is 1. The van der Waals surface area contributed by atoms with E-state index in [1.165, 1.54) is 12.1 Å². The Labute approximate surface area is 203 Å². The average molecular weight is 483 g/mol. The van der Waals surface area contributed by atoms with Gasteiger partial charge in [-0.05, 0) is 62.3 Å². The standard InChI is InChI=1S/C25H27FN4O3S/c1-4-32-14-6-13-30-16(2)21(22(27-25(30)34)17-9-11-19(26)12-10-17)24-28-23(29-33-24)18-7-5-8-20(15-18)31-3/h5,7-12,15,22H,4,6,13-14H2,1-3H3,(H,27,34). The number of nitrogens with zero attached hydrogens (tertiary/aromatic N) is 3. The van der Waals surface area contributed by atoms with Crippen molar-refractivity contribution in [1.82, 2.24) is 20.4 Å². The lowest BCUT2D eigenvalue weighted by molar-refractivity contribution is 0.141. The number of benzene rings is 2. The van der Waals surface area contributed by atoms with Crippen LogP contribution in [0.3, 0.4) is 0 Å². The number of aromatic nitrogens is 2. The van der Waals surface area contributed by atoms with Crippen LogP contribution in [0.4, 0.5) is 4.39 Å². The molecule has 34 heavy (non-hydrogen) atoms. The summed E-state index contributed by atoms with van der Waals surface area (Å²) in [6.07, 6.45) is 0.806. The number of allylic oxidation sites excluding steroid dienone is 1. The predicted molar refractivity (Wildman–Crippen MR) is 132 cm³/mol. The Balaban J connectivity index is 1.73. The second kappa shape index (κ2) is 10.8. The highest BCUT2D eigenvalue weighted by atomic mass is 32.1. The highest BCUT2D eigenvalue weighted by Gasteiger charge is 2.34. The van der Waals surface area contributed by atoms with Gasteiger partial charge in [-0.3, -0.25) is 0 Å². The Kier molecular flexibility index (Phi) is 7.54. The maximum absolute atomic E-state index is 13.6. The van der Waals surface area contributed by atoms with Gasteiger partial charge < -0.3 is 24.2 Å². The first kappa shape index (κ1) is 23.8. The Morgan fingerprint density at radius 3 is 2.74 bits per heavy atom. The van der Waals surface area contributed by atoms with Crippen LogP contribution in [0.1, 0.15) is 37.8 Å². The van der Waals surface area contributed by atoms with Gasteiger partial charge in [0.15, 0.2) is 5.11 Å². The van der Waals surface area contributed by atoms with Crippen LogP contribution in [0.25, 0.3) is 17.0 Å². The molecule has 0 fully saturated rings. The highest BCUT2D eigenvalue weighted by molar-refractivity contribution is 7.80. The summed E-state index contributed by atoms with van der Waals surface area (Å²) in [6, 6.07) is 13.4. The summed E-state index contributed by atoms with van der Waals surface area (Å²) < 4.78 is 30.2. The van der Waals surface area contributed by atoms with Crippen LogP contribution in [0, 0.1) is 5.82 Å². The largest absolute Gasteiger partial charge is 0.497 e. The number of rotatable bonds is 9. The Hall–Kier alpha value is -3.30. The van der Waals surface area contributed by atoms with Crippen LogP contribution in [0.2, 0.25) is 0 Å². The topological polar surface area (TPSA) is 72.7 Å². The molecule has 178 valence electrons. The molecule has 1 aliphatic heterocycles. The summed E-state index contributed by atoms with van der Waals surface area (Å²) >= 11 is 5.68. The predicted octanol–water partition coefficient (Wildman–Crippen LogP) is 4.97. The van der Waals surface area contributed by atoms with Crippen molar-refractivity contribution in [1.29, 1.82) is 0 Å². The van der Waals surface area contributed by atoms with E-state index in [1.54, 1.807) is 19.2 Å². The van der Waals surface area contributed by atoms with E-state index in [9.17, 15) is 4.39 Å². The first-order valence-corrected chi connectivity index (χ1v) is 11.5. The molecule has 0 aliphatic carbocycles. The minimum atomic E-state index is -0.366. The molecule has 0 radical (unpaired) electrons. The fourth-order valence-electron chi connectivity index (χ4n) is 3.91. The molecule has 0 bridgehead atoms. The van der Waals surface area contributed by atoms with Gasteiger partial charge >= 0.3 is 0 Å². The molecule has 1 N–H and O–H groups in total. The summed E-state index contributed by atoms with van der Waals surface area (Å²) in [5.41, 5.74) is 3.31. The van der Waals surface area contributed by atoms with Crippen LogP contribution in [0.15, 0.2) is 58.8 Å². The van der Waals surface area contributed by atoms with E-state index < -0.39 is 0 Å². The second-order valence-corrected chi connectivity index (χ2v) is 8.18. The fraction of sp³-hybridized carbons (Fsp3) is 0.320. The number of hydrogen-bond acceptors (Lipinski definition) is 6. The molecule has 1 atom stereocenters. The van der Waals surface area contributed by atoms with Crippen molar-refractivity contribution < 1.29 is 18.4 Å². The van der Waals surface area contributed by atoms with Gasteiger partial charge in [-0.25, -0.2) is 4.39 Å². The summed E-state index contributed by atoms with van der Waals surface area (Å²) in [5, 5.41) is 8.17. The van der Waals surface area contributed by atoms with Gasteiger partial charge in [-0.1, -0.05) is 29.4 Å². The number of halogens is 1. The lowest BCUT2D eigenvalue weighted by Gasteiger charge is -2.37. The van der Waals surface area contributed by atoms with Crippen LogP contribution in [0.5, 0.6) is 5.75 Å². The van der Waals surface area contributed by atoms with Crippen molar-refractivity contribution >= 4 is 22.9 Å². The van der Waals surface area contributed by atoms with E-state index in [0.717, 1.165) is 28.8 Å². The van der Waals surface area contributed by atoms with Crippen LogP contribution in [-0.2, 0) is 4.74 Å². The van der Waals surface area contributed by atoms with E-state index in [-0.39, 0.29) is 11.9 Å². The minimum absolute atomic E-state index is 0.306. The lowest BCUT2D eigenvalue weighted by Crippen LogP contribution is -2.46. The zero-order valence-electron chi connectivity index (χ0n) is 19.4. The Morgan fingerprint density at radius 1 is 1.21 bits per heavy atom. The van der Waals surface area contributed by atoms with Gasteiger partial charge in [0.05, 0.1) is 18.7 Å². The van der Waals surface area contributed by atoms with E-state index in [2.05, 4.69) is 10.5 Å². The summed E-state index contributed by atoms with van der Waals surface area (Å²) in [5.74, 6) is 1.21. The molecule has 7 nitrogen and oxygen atoms in total. The van der Waals surface area contributed by atoms with Crippen molar-refractivity contribution in [2.24, 2.45) is 0 Å². The van der Waals surface area contributed by atoms with Crippen molar-refractivity contribution in [3.8, 4) is 17.1 Å². The van der Waals surface area contributed by atoms with Gasteiger partial charge in [-0.2, -0.15) is 4.98 Å². The van der Waals surface area contributed by atoms with Crippen molar-refractivity contribution in [2.75, 3.05) is 26.9 Å². The number of thiocarbonyl (C=S) groups is 1. The van der Waals surface area contributed by atoms with E-state index in [4.69, 9.17) is 31.2 Å². The molecule has 4 rings (SSSR count). The molecule has 1 aliphatic rings. The quantitative estimate of drug-likeness (QED) is 0.338. The summed E-state index contributed by atoms with van der Waals surface area (Å²) in [4.78, 5) is 6.71. The minimum Gasteiger partial charge on any atom is -0.497 e. The van der Waals surface area contributed by atoms with Crippen molar-refractivity contribution in [3.63, 3.8) is 0 Å². The smallest absolute Gasteiger partial charge is 0.258 e. The molecule has 0 saturated heterocycles. The molecule has 1 unspecified atom stereocenters. The molecule has 3 aromatic rings. The van der Waals surface area contributed by atoms with Crippen molar-refractivity contribution in [3.05, 3.63) is 71.5 Å². The SMILES string of the molecule is CCOCCCN1C(=S)NC(c2ccc(F)cc2)C(c2nc(-c3cccc(OC)c3)no2)=C1C. The monoisotopic (exact) mass is 482 g/mol. The molecule has 0 amide bonds. The van der Waals surface area contributed by atoms with Gasteiger partial charge in [-0.15, -0.1) is 0 Å². The Morgan fingerprint density at radius 2 is 2.00 bits per heavy atom. The van der Waals surface area contributed by atoms with Crippen LogP contribution >= 0.6 is 12.2 Å². The van der Waals surface area contributed by atoms with E-state index in [1.807, 2.05) is 43.0 Å². The lowest BCUT2D eigenvalue weighted by atomic mass is 9.94. The zero-order chi connectivity index (χ0) is 24.1. The maximum Gasteiger partial charge on any atom is 0.258 e. The third kappa shape index (κ3) is 5.10. The molecule has 1 aromatic heterocycles. The van der Waals surface area contributed by atoms with Crippen molar-refractivity contribution in [2.45, 2.75) is 26.3 Å². The molecular weight excluding hydrogens is 455 g/mol. The Bertz CT molecular complexity index is 1180. The molecule has 0 saturated carbocycles. The normalized spacial score (nSPS) is 16.1. The number of nitrogens with one attached hydrogen (secondary N) is 1. The molecule has 2 aromatic carbocycles. The zero-order valence-corrected chi connectivity index (χ0v) is 20.2. The van der Waals surface area contributed by atoms with Gasteiger partial charge in [0.25, 0.3) is 5.89 Å². The van der Waals surface area contributed by atoms with Gasteiger partial charge in [0.2, 0.25) is 5.82 Å². The molecular formula is C25H27FN4O3S. The van der Waals surface area contributed by atoms with Gasteiger partial charge in [0, 0.05) is 31.0 Å². The highest BCUT2D eigenvalue weighted by Crippen LogP contribution is 2.37. The number of ether oxygens (including phenoxy) is 2. The molecule has 9 heteroatoms. The third-order valence-corrected chi connectivity index (χ3v) is 6.00. The first-order valence-electron chi connectivity index (χ1n) is 11.1. The molecule has 2 heterocycles. The maximum atomic E-state index is 13.6. The summed E-state index contributed by atoms with van der Waals surface area (Å²) in [6.45, 7) is 5.94. The third-order valence-electron chi connectivity index (χ3n) is 5.66. The first-order chi connectivity index (χ1) is 16.5. The van der Waals surface area contributed by atoms with Crippen LogP contribution in [-0.4, -0.2) is 47.0 Å². The second-order valence-electron chi connectivity index (χ2n) is 7.79. The molecule has 0 spiro atoms. The van der Waals surface area contributed by atoms with Gasteiger partial charge in [0.1, 0.15) is 11.6 Å². The van der Waals surface area contributed by atoms with E-state index >= 15 is 0 Å².